The second-order valence-electron chi connectivity index (χ2n) is 6.58. The van der Waals surface area contributed by atoms with Crippen LogP contribution in [0.5, 0.6) is 0 Å². The molecule has 0 spiro atoms. The van der Waals surface area contributed by atoms with E-state index in [1.165, 1.54) is 29.0 Å². The zero-order valence-electron chi connectivity index (χ0n) is 14.7. The summed E-state index contributed by atoms with van der Waals surface area (Å²) in [6.45, 7) is 7.11. The number of fused-ring (bicyclic) bond motifs is 2. The summed E-state index contributed by atoms with van der Waals surface area (Å²) in [6.07, 6.45) is -4.32. The van der Waals surface area contributed by atoms with E-state index in [9.17, 15) is 13.2 Å². The second kappa shape index (κ2) is 5.88. The van der Waals surface area contributed by atoms with Gasteiger partial charge in [0.2, 0.25) is 0 Å². The Morgan fingerprint density at radius 1 is 1.00 bits per heavy atom. The molecule has 2 aromatic heterocycles. The van der Waals surface area contributed by atoms with E-state index in [4.69, 9.17) is 0 Å². The summed E-state index contributed by atoms with van der Waals surface area (Å²) < 4.78 is 42.0. The average Bonchev–Trinajstić information content (AvgIpc) is 3.11. The van der Waals surface area contributed by atoms with Gasteiger partial charge in [0.05, 0.1) is 5.56 Å². The van der Waals surface area contributed by atoms with Crippen molar-refractivity contribution in [1.29, 1.82) is 0 Å². The molecule has 4 rings (SSSR count). The molecule has 26 heavy (non-hydrogen) atoms. The standard InChI is InChI=1S/C21H18F3NS/c1-4-25-13(3)20(16-9-12(2)5-8-18(16)25)17-11-26-19-10-14(21(22,23)24)6-7-15(17)19/h5-11H,4H2,1-3H3. The van der Waals surface area contributed by atoms with Crippen LogP contribution in [0.2, 0.25) is 0 Å². The summed E-state index contributed by atoms with van der Waals surface area (Å²) in [4.78, 5) is 0. The van der Waals surface area contributed by atoms with Gasteiger partial charge in [0, 0.05) is 44.4 Å². The van der Waals surface area contributed by atoms with Crippen molar-refractivity contribution in [3.8, 4) is 11.1 Å². The molecule has 0 fully saturated rings. The van der Waals surface area contributed by atoms with E-state index in [0.29, 0.717) is 4.70 Å². The van der Waals surface area contributed by atoms with Crippen molar-refractivity contribution in [3.63, 3.8) is 0 Å². The molecule has 0 aliphatic carbocycles. The lowest BCUT2D eigenvalue weighted by Gasteiger charge is -2.07. The van der Waals surface area contributed by atoms with Crippen LogP contribution in [0, 0.1) is 13.8 Å². The molecule has 4 aromatic rings. The fourth-order valence-corrected chi connectivity index (χ4v) is 4.73. The van der Waals surface area contributed by atoms with Gasteiger partial charge in [0.25, 0.3) is 0 Å². The number of halogens is 3. The zero-order valence-corrected chi connectivity index (χ0v) is 15.6. The molecule has 0 N–H and O–H groups in total. The molecule has 2 heterocycles. The Kier molecular flexibility index (Phi) is 3.88. The third-order valence-electron chi connectivity index (χ3n) is 4.97. The summed E-state index contributed by atoms with van der Waals surface area (Å²) in [5.74, 6) is 0. The first-order valence-electron chi connectivity index (χ1n) is 8.49. The number of thiophene rings is 1. The van der Waals surface area contributed by atoms with E-state index in [-0.39, 0.29) is 0 Å². The molecular formula is C21H18F3NS. The van der Waals surface area contributed by atoms with Gasteiger partial charge in [-0.25, -0.2) is 0 Å². The molecule has 134 valence electrons. The van der Waals surface area contributed by atoms with E-state index in [0.717, 1.165) is 39.7 Å². The minimum absolute atomic E-state index is 0.595. The Hall–Kier alpha value is -2.27. The molecular weight excluding hydrogens is 355 g/mol. The van der Waals surface area contributed by atoms with Crippen molar-refractivity contribution in [2.45, 2.75) is 33.5 Å². The molecule has 2 aromatic carbocycles. The third-order valence-corrected chi connectivity index (χ3v) is 5.91. The van der Waals surface area contributed by atoms with Crippen molar-refractivity contribution in [2.24, 2.45) is 0 Å². The van der Waals surface area contributed by atoms with E-state index < -0.39 is 11.7 Å². The number of aryl methyl sites for hydroxylation is 2. The smallest absolute Gasteiger partial charge is 0.345 e. The Morgan fingerprint density at radius 3 is 2.46 bits per heavy atom. The van der Waals surface area contributed by atoms with Crippen LogP contribution in [0.3, 0.4) is 0 Å². The van der Waals surface area contributed by atoms with Gasteiger partial charge in [-0.3, -0.25) is 0 Å². The maximum atomic E-state index is 13.0. The lowest BCUT2D eigenvalue weighted by molar-refractivity contribution is -0.137. The van der Waals surface area contributed by atoms with Gasteiger partial charge in [-0.15, -0.1) is 11.3 Å². The highest BCUT2D eigenvalue weighted by atomic mass is 32.1. The largest absolute Gasteiger partial charge is 0.416 e. The predicted molar refractivity (Wildman–Crippen MR) is 103 cm³/mol. The first-order chi connectivity index (χ1) is 12.3. The molecule has 0 atom stereocenters. The lowest BCUT2D eigenvalue weighted by Crippen LogP contribution is -2.03. The molecule has 0 saturated heterocycles. The molecule has 0 amide bonds. The number of hydrogen-bond acceptors (Lipinski definition) is 1. The van der Waals surface area contributed by atoms with Crippen LogP contribution in [0.1, 0.15) is 23.7 Å². The summed E-state index contributed by atoms with van der Waals surface area (Å²) in [5.41, 5.74) is 5.02. The first kappa shape index (κ1) is 17.2. The van der Waals surface area contributed by atoms with Crippen molar-refractivity contribution < 1.29 is 13.2 Å². The molecule has 0 unspecified atom stereocenters. The number of rotatable bonds is 2. The fourth-order valence-electron chi connectivity index (χ4n) is 3.74. The summed E-state index contributed by atoms with van der Waals surface area (Å²) >= 11 is 1.37. The van der Waals surface area contributed by atoms with Gasteiger partial charge in [-0.05, 0) is 50.4 Å². The minimum atomic E-state index is -4.32. The van der Waals surface area contributed by atoms with Crippen molar-refractivity contribution >= 4 is 32.3 Å². The van der Waals surface area contributed by atoms with Gasteiger partial charge in [-0.1, -0.05) is 17.7 Å². The highest BCUT2D eigenvalue weighted by Crippen LogP contribution is 2.42. The maximum Gasteiger partial charge on any atom is 0.416 e. The zero-order chi connectivity index (χ0) is 18.6. The van der Waals surface area contributed by atoms with Crippen molar-refractivity contribution in [1.82, 2.24) is 4.57 Å². The highest BCUT2D eigenvalue weighted by Gasteiger charge is 2.31. The monoisotopic (exact) mass is 373 g/mol. The lowest BCUT2D eigenvalue weighted by atomic mass is 10.00. The van der Waals surface area contributed by atoms with Crippen LogP contribution < -0.4 is 0 Å². The predicted octanol–water partition coefficient (Wildman–Crippen LogP) is 7.18. The van der Waals surface area contributed by atoms with Crippen molar-refractivity contribution in [3.05, 3.63) is 58.6 Å². The second-order valence-corrected chi connectivity index (χ2v) is 7.49. The Morgan fingerprint density at radius 2 is 1.77 bits per heavy atom. The Balaban J connectivity index is 2.02. The summed E-state index contributed by atoms with van der Waals surface area (Å²) in [7, 11) is 0. The van der Waals surface area contributed by atoms with Crippen LogP contribution in [0.25, 0.3) is 32.1 Å². The molecule has 0 aliphatic rings. The molecule has 0 bridgehead atoms. The number of benzene rings is 2. The van der Waals surface area contributed by atoms with Crippen LogP contribution in [0.15, 0.2) is 41.8 Å². The molecule has 1 nitrogen and oxygen atoms in total. The summed E-state index contributed by atoms with van der Waals surface area (Å²) in [6, 6.07) is 10.4. The SMILES string of the molecule is CCn1c(C)c(-c2csc3cc(C(F)(F)F)ccc23)c2cc(C)ccc21. The molecule has 5 heteroatoms. The number of nitrogens with zero attached hydrogens (tertiary/aromatic N) is 1. The van der Waals surface area contributed by atoms with E-state index >= 15 is 0 Å². The fraction of sp³-hybridized carbons (Fsp3) is 0.238. The van der Waals surface area contributed by atoms with Crippen LogP contribution in [0.4, 0.5) is 13.2 Å². The Bertz CT molecular complexity index is 1130. The quantitative estimate of drug-likeness (QED) is 0.351. The normalized spacial score (nSPS) is 12.4. The summed E-state index contributed by atoms with van der Waals surface area (Å²) in [5, 5.41) is 4.02. The van der Waals surface area contributed by atoms with Crippen LogP contribution in [-0.2, 0) is 12.7 Å². The number of aromatic nitrogens is 1. The Labute approximate surface area is 153 Å². The van der Waals surface area contributed by atoms with E-state index in [1.54, 1.807) is 6.07 Å². The minimum Gasteiger partial charge on any atom is -0.345 e. The van der Waals surface area contributed by atoms with Gasteiger partial charge >= 0.3 is 6.18 Å². The maximum absolute atomic E-state index is 13.0. The molecule has 0 aliphatic heterocycles. The van der Waals surface area contributed by atoms with Crippen LogP contribution in [-0.4, -0.2) is 4.57 Å². The third kappa shape index (κ3) is 2.53. The van der Waals surface area contributed by atoms with Gasteiger partial charge in [0.15, 0.2) is 0 Å². The van der Waals surface area contributed by atoms with Gasteiger partial charge in [0.1, 0.15) is 0 Å². The highest BCUT2D eigenvalue weighted by molar-refractivity contribution is 7.17. The van der Waals surface area contributed by atoms with Crippen molar-refractivity contribution in [2.75, 3.05) is 0 Å². The molecule has 0 radical (unpaired) electrons. The van der Waals surface area contributed by atoms with E-state index in [2.05, 4.69) is 43.5 Å². The topological polar surface area (TPSA) is 4.93 Å². The van der Waals surface area contributed by atoms with Gasteiger partial charge in [-0.2, -0.15) is 13.2 Å². The first-order valence-corrected chi connectivity index (χ1v) is 9.37. The number of alkyl halides is 3. The van der Waals surface area contributed by atoms with Gasteiger partial charge < -0.3 is 4.57 Å². The average molecular weight is 373 g/mol. The molecule has 0 saturated carbocycles. The van der Waals surface area contributed by atoms with E-state index in [1.807, 2.05) is 5.38 Å². The van der Waals surface area contributed by atoms with Crippen LogP contribution >= 0.6 is 11.3 Å². The number of hydrogen-bond donors (Lipinski definition) is 0.